The molecule has 0 aliphatic heterocycles. The number of carbonyl (C=O) groups excluding carboxylic acids is 1. The monoisotopic (exact) mass is 200 g/mol. The van der Waals surface area contributed by atoms with Crippen LogP contribution >= 0.6 is 0 Å². The number of rotatable bonds is 4. The van der Waals surface area contributed by atoms with E-state index < -0.39 is 6.04 Å². The first-order valence-corrected chi connectivity index (χ1v) is 5.41. The van der Waals surface area contributed by atoms with Gasteiger partial charge in [0, 0.05) is 12.6 Å². The molecule has 0 aromatic rings. The van der Waals surface area contributed by atoms with Crippen LogP contribution in [0, 0.1) is 0 Å². The van der Waals surface area contributed by atoms with Gasteiger partial charge in [0.1, 0.15) is 0 Å². The molecule has 0 unspecified atom stereocenters. The molecule has 0 radical (unpaired) electrons. The maximum atomic E-state index is 11.5. The fourth-order valence-electron chi connectivity index (χ4n) is 1.83. The Hall–Kier alpha value is -0.610. The van der Waals surface area contributed by atoms with E-state index in [2.05, 4.69) is 5.32 Å². The minimum absolute atomic E-state index is 0.0285. The lowest BCUT2D eigenvalue weighted by Gasteiger charge is -2.24. The highest BCUT2D eigenvalue weighted by atomic mass is 16.3. The summed E-state index contributed by atoms with van der Waals surface area (Å²) in [5, 5.41) is 11.6. The van der Waals surface area contributed by atoms with E-state index in [9.17, 15) is 4.79 Å². The number of carbonyl (C=O) groups is 1. The number of nitrogens with one attached hydrogen (secondary N) is 1. The Morgan fingerprint density at radius 3 is 2.64 bits per heavy atom. The van der Waals surface area contributed by atoms with Crippen LogP contribution in [0.15, 0.2) is 0 Å². The molecular formula is C10H20N2O2. The van der Waals surface area contributed by atoms with Crippen LogP contribution in [0.3, 0.4) is 0 Å². The van der Waals surface area contributed by atoms with Crippen molar-refractivity contribution in [1.82, 2.24) is 5.32 Å². The van der Waals surface area contributed by atoms with Gasteiger partial charge in [0.25, 0.3) is 0 Å². The molecule has 1 aliphatic carbocycles. The molecule has 0 spiro atoms. The predicted molar refractivity (Wildman–Crippen MR) is 54.7 cm³/mol. The van der Waals surface area contributed by atoms with Crippen LogP contribution < -0.4 is 11.1 Å². The average molecular weight is 200 g/mol. The van der Waals surface area contributed by atoms with Crippen molar-refractivity contribution in [3.05, 3.63) is 0 Å². The van der Waals surface area contributed by atoms with E-state index in [1.165, 1.54) is 19.3 Å². The third kappa shape index (κ3) is 3.64. The normalized spacial score (nSPS) is 20.4. The van der Waals surface area contributed by atoms with Crippen LogP contribution in [-0.4, -0.2) is 29.7 Å². The highest BCUT2D eigenvalue weighted by Crippen LogP contribution is 2.17. The summed E-state index contributed by atoms with van der Waals surface area (Å²) in [6.07, 6.45) is 6.14. The molecule has 0 aromatic carbocycles. The van der Waals surface area contributed by atoms with Gasteiger partial charge in [0.2, 0.25) is 5.91 Å². The highest BCUT2D eigenvalue weighted by Gasteiger charge is 2.19. The summed E-state index contributed by atoms with van der Waals surface area (Å²) in [7, 11) is 0. The maximum absolute atomic E-state index is 11.5. The molecule has 0 aromatic heterocycles. The smallest absolute Gasteiger partial charge is 0.237 e. The second kappa shape index (κ2) is 5.98. The van der Waals surface area contributed by atoms with Crippen molar-refractivity contribution >= 4 is 5.91 Å². The lowest BCUT2D eigenvalue weighted by molar-refractivity contribution is -0.123. The first-order valence-electron chi connectivity index (χ1n) is 5.41. The summed E-state index contributed by atoms with van der Waals surface area (Å²) in [6, 6.07) is -0.247. The Morgan fingerprint density at radius 2 is 2.07 bits per heavy atom. The van der Waals surface area contributed by atoms with E-state index in [-0.39, 0.29) is 12.5 Å². The zero-order valence-electron chi connectivity index (χ0n) is 8.54. The molecule has 4 nitrogen and oxygen atoms in total. The minimum Gasteiger partial charge on any atom is -0.396 e. The van der Waals surface area contributed by atoms with Crippen molar-refractivity contribution in [3.63, 3.8) is 0 Å². The minimum atomic E-state index is -0.554. The molecular weight excluding hydrogens is 180 g/mol. The van der Waals surface area contributed by atoms with E-state index in [0.717, 1.165) is 12.8 Å². The first kappa shape index (κ1) is 11.5. The molecule has 4 N–H and O–H groups in total. The molecule has 14 heavy (non-hydrogen) atoms. The SMILES string of the molecule is N[C@@H](CCO)C(=O)NC1CCCCC1. The fourth-order valence-corrected chi connectivity index (χ4v) is 1.83. The zero-order chi connectivity index (χ0) is 10.4. The predicted octanol–water partition coefficient (Wildman–Crippen LogP) is 0.145. The Labute approximate surface area is 84.9 Å². The van der Waals surface area contributed by atoms with Crippen molar-refractivity contribution in [1.29, 1.82) is 0 Å². The van der Waals surface area contributed by atoms with Gasteiger partial charge in [-0.3, -0.25) is 4.79 Å². The van der Waals surface area contributed by atoms with E-state index in [4.69, 9.17) is 10.8 Å². The summed E-state index contributed by atoms with van der Waals surface area (Å²) in [5.74, 6) is -0.119. The van der Waals surface area contributed by atoms with Gasteiger partial charge >= 0.3 is 0 Å². The van der Waals surface area contributed by atoms with Crippen molar-refractivity contribution in [2.75, 3.05) is 6.61 Å². The molecule has 1 amide bonds. The van der Waals surface area contributed by atoms with E-state index in [1.807, 2.05) is 0 Å². The molecule has 1 atom stereocenters. The summed E-state index contributed by atoms with van der Waals surface area (Å²) < 4.78 is 0. The molecule has 0 bridgehead atoms. The number of aliphatic hydroxyl groups is 1. The number of hydrogen-bond acceptors (Lipinski definition) is 3. The summed E-state index contributed by atoms with van der Waals surface area (Å²) >= 11 is 0. The molecule has 0 heterocycles. The number of amides is 1. The van der Waals surface area contributed by atoms with Crippen LogP contribution in [0.5, 0.6) is 0 Å². The van der Waals surface area contributed by atoms with Gasteiger partial charge in [-0.15, -0.1) is 0 Å². The molecule has 0 saturated heterocycles. The van der Waals surface area contributed by atoms with Gasteiger partial charge < -0.3 is 16.2 Å². The van der Waals surface area contributed by atoms with Crippen molar-refractivity contribution < 1.29 is 9.90 Å². The number of nitrogens with two attached hydrogens (primary N) is 1. The van der Waals surface area contributed by atoms with Crippen molar-refractivity contribution in [2.24, 2.45) is 5.73 Å². The largest absolute Gasteiger partial charge is 0.396 e. The zero-order valence-corrected chi connectivity index (χ0v) is 8.54. The summed E-state index contributed by atoms with van der Waals surface area (Å²) in [6.45, 7) is -0.0285. The molecule has 4 heteroatoms. The lowest BCUT2D eigenvalue weighted by atomic mass is 9.95. The summed E-state index contributed by atoms with van der Waals surface area (Å²) in [5.41, 5.74) is 5.57. The molecule has 1 rings (SSSR count). The van der Waals surface area contributed by atoms with Crippen LogP contribution in [-0.2, 0) is 4.79 Å². The van der Waals surface area contributed by atoms with Crippen LogP contribution in [0.1, 0.15) is 38.5 Å². The highest BCUT2D eigenvalue weighted by molar-refractivity contribution is 5.81. The second-order valence-electron chi connectivity index (χ2n) is 3.96. The molecule has 1 saturated carbocycles. The van der Waals surface area contributed by atoms with Crippen molar-refractivity contribution in [3.8, 4) is 0 Å². The van der Waals surface area contributed by atoms with Gasteiger partial charge in [0.15, 0.2) is 0 Å². The van der Waals surface area contributed by atoms with E-state index >= 15 is 0 Å². The van der Waals surface area contributed by atoms with Crippen LogP contribution in [0.2, 0.25) is 0 Å². The van der Waals surface area contributed by atoms with Gasteiger partial charge in [-0.1, -0.05) is 19.3 Å². The number of aliphatic hydroxyl groups excluding tert-OH is 1. The molecule has 82 valence electrons. The average Bonchev–Trinajstić information content (AvgIpc) is 2.19. The Morgan fingerprint density at radius 1 is 1.43 bits per heavy atom. The topological polar surface area (TPSA) is 75.3 Å². The Kier molecular flexibility index (Phi) is 4.90. The van der Waals surface area contributed by atoms with Crippen molar-refractivity contribution in [2.45, 2.75) is 50.6 Å². The standard InChI is InChI=1S/C10H20N2O2/c11-9(6-7-13)10(14)12-8-4-2-1-3-5-8/h8-9,13H,1-7,11H2,(H,12,14)/t9-/m0/s1. The fraction of sp³-hybridized carbons (Fsp3) is 0.900. The van der Waals surface area contributed by atoms with Gasteiger partial charge in [-0.2, -0.15) is 0 Å². The second-order valence-corrected chi connectivity index (χ2v) is 3.96. The third-order valence-corrected chi connectivity index (χ3v) is 2.73. The van der Waals surface area contributed by atoms with E-state index in [0.29, 0.717) is 12.5 Å². The van der Waals surface area contributed by atoms with Gasteiger partial charge in [-0.25, -0.2) is 0 Å². The molecule has 1 aliphatic rings. The third-order valence-electron chi connectivity index (χ3n) is 2.73. The van der Waals surface area contributed by atoms with Crippen LogP contribution in [0.25, 0.3) is 0 Å². The van der Waals surface area contributed by atoms with Gasteiger partial charge in [0.05, 0.1) is 6.04 Å². The number of hydrogen-bond donors (Lipinski definition) is 3. The van der Waals surface area contributed by atoms with E-state index in [1.54, 1.807) is 0 Å². The Bertz CT molecular complexity index is 179. The first-order chi connectivity index (χ1) is 6.74. The Balaban J connectivity index is 2.24. The summed E-state index contributed by atoms with van der Waals surface area (Å²) in [4.78, 5) is 11.5. The lowest BCUT2D eigenvalue weighted by Crippen LogP contribution is -2.46. The quantitative estimate of drug-likeness (QED) is 0.604. The molecule has 1 fully saturated rings. The maximum Gasteiger partial charge on any atom is 0.237 e. The van der Waals surface area contributed by atoms with Crippen LogP contribution in [0.4, 0.5) is 0 Å². The van der Waals surface area contributed by atoms with Gasteiger partial charge in [-0.05, 0) is 19.3 Å².